The Hall–Kier alpha value is -1.36. The summed E-state index contributed by atoms with van der Waals surface area (Å²) in [5.41, 5.74) is 0.115. The molecule has 0 aliphatic heterocycles. The summed E-state index contributed by atoms with van der Waals surface area (Å²) in [6.07, 6.45) is 9.83. The van der Waals surface area contributed by atoms with E-state index in [-0.39, 0.29) is 11.2 Å². The smallest absolute Gasteiger partial charge is 0.314 e. The van der Waals surface area contributed by atoms with E-state index in [2.05, 4.69) is 10.3 Å². The van der Waals surface area contributed by atoms with E-state index in [0.717, 1.165) is 13.0 Å². The maximum absolute atomic E-state index is 11.7. The molecule has 0 saturated heterocycles. The molecular formula is C15H25N3O2. The normalized spacial score (nSPS) is 16.4. The summed E-state index contributed by atoms with van der Waals surface area (Å²) in [7, 11) is 0. The standard InChI is InChI=1S/C15H25N3O2/c1-2-12-11-18(15(20)17-14(12)19)10-6-9-16-13-7-4-3-5-8-13/h11,13,16H,2-10H2,1H3,(H,17,19,20). The fourth-order valence-corrected chi connectivity index (χ4v) is 2.83. The Morgan fingerprint density at radius 3 is 2.75 bits per heavy atom. The molecule has 1 aromatic rings. The van der Waals surface area contributed by atoms with E-state index < -0.39 is 0 Å². The van der Waals surface area contributed by atoms with E-state index >= 15 is 0 Å². The van der Waals surface area contributed by atoms with Crippen molar-refractivity contribution < 1.29 is 0 Å². The quantitative estimate of drug-likeness (QED) is 0.774. The van der Waals surface area contributed by atoms with Gasteiger partial charge in [-0.25, -0.2) is 4.79 Å². The Morgan fingerprint density at radius 1 is 1.30 bits per heavy atom. The third-order valence-corrected chi connectivity index (χ3v) is 4.08. The van der Waals surface area contributed by atoms with Crippen molar-refractivity contribution in [2.24, 2.45) is 0 Å². The lowest BCUT2D eigenvalue weighted by Gasteiger charge is -2.22. The highest BCUT2D eigenvalue weighted by Gasteiger charge is 2.11. The molecule has 5 heteroatoms. The lowest BCUT2D eigenvalue weighted by molar-refractivity contribution is 0.368. The summed E-state index contributed by atoms with van der Waals surface area (Å²) in [5.74, 6) is 0. The largest absolute Gasteiger partial charge is 0.328 e. The molecule has 0 spiro atoms. The molecule has 2 N–H and O–H groups in total. The molecule has 5 nitrogen and oxygen atoms in total. The molecule has 2 rings (SSSR count). The van der Waals surface area contributed by atoms with Crippen LogP contribution in [0, 0.1) is 0 Å². The second-order valence-corrected chi connectivity index (χ2v) is 5.60. The minimum absolute atomic E-state index is 0.255. The van der Waals surface area contributed by atoms with Crippen molar-refractivity contribution in [3.05, 3.63) is 32.6 Å². The van der Waals surface area contributed by atoms with Gasteiger partial charge in [0.15, 0.2) is 0 Å². The predicted molar refractivity (Wildman–Crippen MR) is 80.2 cm³/mol. The van der Waals surface area contributed by atoms with Crippen LogP contribution in [0.3, 0.4) is 0 Å². The highest BCUT2D eigenvalue weighted by atomic mass is 16.2. The monoisotopic (exact) mass is 279 g/mol. The predicted octanol–water partition coefficient (Wildman–Crippen LogP) is 1.41. The van der Waals surface area contributed by atoms with Crippen LogP contribution in [-0.2, 0) is 13.0 Å². The summed E-state index contributed by atoms with van der Waals surface area (Å²) in [6.45, 7) is 3.50. The van der Waals surface area contributed by atoms with Gasteiger partial charge in [-0.3, -0.25) is 9.78 Å². The number of H-pyrrole nitrogens is 1. The Morgan fingerprint density at radius 2 is 2.05 bits per heavy atom. The van der Waals surface area contributed by atoms with E-state index in [9.17, 15) is 9.59 Å². The van der Waals surface area contributed by atoms with Crippen LogP contribution < -0.4 is 16.6 Å². The van der Waals surface area contributed by atoms with Crippen LogP contribution in [0.25, 0.3) is 0 Å². The van der Waals surface area contributed by atoms with Crippen LogP contribution in [0.5, 0.6) is 0 Å². The molecule has 1 saturated carbocycles. The van der Waals surface area contributed by atoms with Crippen molar-refractivity contribution in [3.8, 4) is 0 Å². The van der Waals surface area contributed by atoms with Crippen LogP contribution >= 0.6 is 0 Å². The summed E-state index contributed by atoms with van der Waals surface area (Å²) in [6, 6.07) is 0.655. The third kappa shape index (κ3) is 4.07. The molecule has 0 bridgehead atoms. The summed E-state index contributed by atoms with van der Waals surface area (Å²) in [5, 5.41) is 3.56. The Bertz CT molecular complexity index is 527. The second kappa shape index (κ2) is 7.43. The van der Waals surface area contributed by atoms with Gasteiger partial charge in [-0.1, -0.05) is 26.2 Å². The number of rotatable bonds is 6. The minimum atomic E-state index is -0.301. The molecule has 1 aliphatic carbocycles. The van der Waals surface area contributed by atoms with Gasteiger partial charge >= 0.3 is 5.69 Å². The van der Waals surface area contributed by atoms with Gasteiger partial charge in [-0.15, -0.1) is 0 Å². The first-order valence-electron chi connectivity index (χ1n) is 7.76. The molecule has 0 unspecified atom stereocenters. The van der Waals surface area contributed by atoms with E-state index in [1.165, 1.54) is 32.1 Å². The van der Waals surface area contributed by atoms with Gasteiger partial charge in [-0.05, 0) is 32.2 Å². The SMILES string of the molecule is CCc1cn(CCCNC2CCCCC2)c(=O)[nH]c1=O. The molecule has 1 heterocycles. The highest BCUT2D eigenvalue weighted by Crippen LogP contribution is 2.17. The molecule has 112 valence electrons. The zero-order valence-electron chi connectivity index (χ0n) is 12.3. The molecule has 1 aromatic heterocycles. The maximum Gasteiger partial charge on any atom is 0.328 e. The zero-order valence-corrected chi connectivity index (χ0v) is 12.3. The molecule has 1 aliphatic rings. The van der Waals surface area contributed by atoms with Gasteiger partial charge in [0.05, 0.1) is 0 Å². The summed E-state index contributed by atoms with van der Waals surface area (Å²) in [4.78, 5) is 25.5. The van der Waals surface area contributed by atoms with Gasteiger partial charge in [0.2, 0.25) is 0 Å². The van der Waals surface area contributed by atoms with E-state index in [4.69, 9.17) is 0 Å². The lowest BCUT2D eigenvalue weighted by atomic mass is 9.95. The minimum Gasteiger partial charge on any atom is -0.314 e. The second-order valence-electron chi connectivity index (χ2n) is 5.60. The molecule has 20 heavy (non-hydrogen) atoms. The van der Waals surface area contributed by atoms with Crippen molar-refractivity contribution in [2.75, 3.05) is 6.54 Å². The number of nitrogens with one attached hydrogen (secondary N) is 2. The lowest BCUT2D eigenvalue weighted by Crippen LogP contribution is -2.34. The number of hydrogen-bond donors (Lipinski definition) is 2. The van der Waals surface area contributed by atoms with Crippen LogP contribution in [0.15, 0.2) is 15.8 Å². The molecule has 0 aromatic carbocycles. The molecule has 0 amide bonds. The van der Waals surface area contributed by atoms with Gasteiger partial charge in [-0.2, -0.15) is 0 Å². The molecule has 1 fully saturated rings. The van der Waals surface area contributed by atoms with Gasteiger partial charge in [0.1, 0.15) is 0 Å². The van der Waals surface area contributed by atoms with Crippen molar-refractivity contribution in [2.45, 2.75) is 64.5 Å². The first-order chi connectivity index (χ1) is 9.70. The van der Waals surface area contributed by atoms with Crippen LogP contribution in [0.2, 0.25) is 0 Å². The zero-order chi connectivity index (χ0) is 14.4. The average molecular weight is 279 g/mol. The number of aryl methyl sites for hydroxylation is 2. The molecule has 0 atom stereocenters. The van der Waals surface area contributed by atoms with E-state index in [1.54, 1.807) is 10.8 Å². The molecule has 0 radical (unpaired) electrons. The van der Waals surface area contributed by atoms with Crippen molar-refractivity contribution in [3.63, 3.8) is 0 Å². The number of aromatic nitrogens is 2. The Labute approximate surface area is 119 Å². The fraction of sp³-hybridized carbons (Fsp3) is 0.733. The number of nitrogens with zero attached hydrogens (tertiary/aromatic N) is 1. The highest BCUT2D eigenvalue weighted by molar-refractivity contribution is 5.03. The van der Waals surface area contributed by atoms with Crippen molar-refractivity contribution >= 4 is 0 Å². The van der Waals surface area contributed by atoms with E-state index in [1.807, 2.05) is 6.92 Å². The van der Waals surface area contributed by atoms with Crippen LogP contribution in [0.4, 0.5) is 0 Å². The van der Waals surface area contributed by atoms with Gasteiger partial charge in [0, 0.05) is 24.3 Å². The van der Waals surface area contributed by atoms with Crippen LogP contribution in [-0.4, -0.2) is 22.1 Å². The number of hydrogen-bond acceptors (Lipinski definition) is 3. The first kappa shape index (κ1) is 15.0. The molecular weight excluding hydrogens is 254 g/mol. The first-order valence-corrected chi connectivity index (χ1v) is 7.76. The summed E-state index contributed by atoms with van der Waals surface area (Å²) < 4.78 is 1.61. The Balaban J connectivity index is 1.81. The topological polar surface area (TPSA) is 66.9 Å². The maximum atomic E-state index is 11.7. The Kier molecular flexibility index (Phi) is 5.59. The fourth-order valence-electron chi connectivity index (χ4n) is 2.83. The van der Waals surface area contributed by atoms with Crippen molar-refractivity contribution in [1.82, 2.24) is 14.9 Å². The van der Waals surface area contributed by atoms with Crippen molar-refractivity contribution in [1.29, 1.82) is 0 Å². The third-order valence-electron chi connectivity index (χ3n) is 4.08. The summed E-state index contributed by atoms with van der Waals surface area (Å²) >= 11 is 0. The van der Waals surface area contributed by atoms with Gasteiger partial charge in [0.25, 0.3) is 5.56 Å². The number of aromatic amines is 1. The average Bonchev–Trinajstić information content (AvgIpc) is 2.46. The van der Waals surface area contributed by atoms with Gasteiger partial charge < -0.3 is 9.88 Å². The van der Waals surface area contributed by atoms with E-state index in [0.29, 0.717) is 24.6 Å². The van der Waals surface area contributed by atoms with Crippen LogP contribution in [0.1, 0.15) is 51.0 Å².